The van der Waals surface area contributed by atoms with E-state index in [4.69, 9.17) is 5.11 Å². The van der Waals surface area contributed by atoms with Gasteiger partial charge in [-0.05, 0) is 23.8 Å². The number of aromatic nitrogens is 2. The highest BCUT2D eigenvalue weighted by Gasteiger charge is 2.13. The van der Waals surface area contributed by atoms with Crippen molar-refractivity contribution in [2.45, 2.75) is 6.54 Å². The van der Waals surface area contributed by atoms with Gasteiger partial charge in [-0.15, -0.1) is 0 Å². The molecule has 7 nitrogen and oxygen atoms in total. The maximum Gasteiger partial charge on any atom is 0.335 e. The molecule has 1 amide bonds. The number of benzene rings is 2. The molecule has 0 aliphatic rings. The van der Waals surface area contributed by atoms with Gasteiger partial charge in [-0.2, -0.15) is 5.10 Å². The molecule has 0 aliphatic carbocycles. The molecule has 1 heterocycles. The quantitative estimate of drug-likeness (QED) is 0.674. The first kappa shape index (κ1) is 15.4. The van der Waals surface area contributed by atoms with Crippen LogP contribution in [0.2, 0.25) is 0 Å². The van der Waals surface area contributed by atoms with Crippen LogP contribution in [0.5, 0.6) is 0 Å². The highest BCUT2D eigenvalue weighted by molar-refractivity contribution is 6.04. The summed E-state index contributed by atoms with van der Waals surface area (Å²) in [6.07, 6.45) is 0. The Morgan fingerprint density at radius 1 is 1.04 bits per heavy atom. The van der Waals surface area contributed by atoms with Crippen molar-refractivity contribution in [2.24, 2.45) is 0 Å². The minimum Gasteiger partial charge on any atom is -0.478 e. The molecule has 0 unspecified atom stereocenters. The van der Waals surface area contributed by atoms with E-state index in [9.17, 15) is 14.4 Å². The van der Waals surface area contributed by atoms with Crippen LogP contribution in [0.3, 0.4) is 0 Å². The highest BCUT2D eigenvalue weighted by atomic mass is 16.4. The van der Waals surface area contributed by atoms with E-state index in [0.29, 0.717) is 10.8 Å². The average molecular weight is 323 g/mol. The van der Waals surface area contributed by atoms with Gasteiger partial charge in [0.1, 0.15) is 0 Å². The second kappa shape index (κ2) is 6.33. The third-order valence-electron chi connectivity index (χ3n) is 3.57. The molecular weight excluding hydrogens is 310 g/mol. The standard InChI is InChI=1S/C17H13N3O4/c21-15-13-4-2-1-3-12(13)14(19-20-15)16(22)18-9-10-5-7-11(8-6-10)17(23)24/h1-8H,9H2,(H,18,22)(H,20,21)(H,23,24). The van der Waals surface area contributed by atoms with Gasteiger partial charge in [-0.25, -0.2) is 9.89 Å². The lowest BCUT2D eigenvalue weighted by molar-refractivity contribution is 0.0696. The van der Waals surface area contributed by atoms with E-state index in [-0.39, 0.29) is 23.4 Å². The number of carbonyl (C=O) groups excluding carboxylic acids is 1. The number of rotatable bonds is 4. The predicted molar refractivity (Wildman–Crippen MR) is 86.9 cm³/mol. The summed E-state index contributed by atoms with van der Waals surface area (Å²) in [7, 11) is 0. The van der Waals surface area contributed by atoms with Crippen molar-refractivity contribution in [1.29, 1.82) is 0 Å². The molecule has 0 saturated carbocycles. The summed E-state index contributed by atoms with van der Waals surface area (Å²) in [5.41, 5.74) is 0.708. The van der Waals surface area contributed by atoms with Crippen molar-refractivity contribution in [3.8, 4) is 0 Å². The van der Waals surface area contributed by atoms with Crippen LogP contribution in [-0.2, 0) is 6.54 Å². The Morgan fingerprint density at radius 2 is 1.71 bits per heavy atom. The predicted octanol–water partition coefficient (Wildman–Crippen LogP) is 1.55. The summed E-state index contributed by atoms with van der Waals surface area (Å²) in [5, 5.41) is 18.6. The van der Waals surface area contributed by atoms with Crippen LogP contribution in [0.15, 0.2) is 53.3 Å². The Labute approximate surface area is 136 Å². The Morgan fingerprint density at radius 3 is 2.38 bits per heavy atom. The number of H-pyrrole nitrogens is 1. The zero-order valence-electron chi connectivity index (χ0n) is 12.4. The van der Waals surface area contributed by atoms with Crippen LogP contribution in [0.1, 0.15) is 26.4 Å². The Kier molecular flexibility index (Phi) is 4.07. The number of hydrogen-bond donors (Lipinski definition) is 3. The summed E-state index contributed by atoms with van der Waals surface area (Å²) in [4.78, 5) is 34.9. The van der Waals surface area contributed by atoms with E-state index in [0.717, 1.165) is 5.56 Å². The third-order valence-corrected chi connectivity index (χ3v) is 3.57. The molecule has 0 spiro atoms. The number of nitrogens with zero attached hydrogens (tertiary/aromatic N) is 1. The normalized spacial score (nSPS) is 10.5. The van der Waals surface area contributed by atoms with E-state index < -0.39 is 11.9 Å². The number of aromatic amines is 1. The molecular formula is C17H13N3O4. The summed E-state index contributed by atoms with van der Waals surface area (Å²) in [6, 6.07) is 12.9. The molecule has 0 radical (unpaired) electrons. The SMILES string of the molecule is O=C(O)c1ccc(CNC(=O)c2n[nH]c(=O)c3ccccc23)cc1. The average Bonchev–Trinajstić information content (AvgIpc) is 2.60. The van der Waals surface area contributed by atoms with E-state index >= 15 is 0 Å². The number of carbonyl (C=O) groups is 2. The van der Waals surface area contributed by atoms with Crippen molar-refractivity contribution < 1.29 is 14.7 Å². The molecule has 0 aliphatic heterocycles. The number of hydrogen-bond acceptors (Lipinski definition) is 4. The summed E-state index contributed by atoms with van der Waals surface area (Å²) in [5.74, 6) is -1.43. The number of carboxylic acid groups (broad SMARTS) is 1. The summed E-state index contributed by atoms with van der Waals surface area (Å²) in [6.45, 7) is 0.216. The van der Waals surface area contributed by atoms with Gasteiger partial charge >= 0.3 is 5.97 Å². The molecule has 0 saturated heterocycles. The summed E-state index contributed by atoms with van der Waals surface area (Å²) < 4.78 is 0. The van der Waals surface area contributed by atoms with Crippen LogP contribution in [0, 0.1) is 0 Å². The fraction of sp³-hybridized carbons (Fsp3) is 0.0588. The molecule has 1 aromatic heterocycles. The van der Waals surface area contributed by atoms with Gasteiger partial charge in [-0.1, -0.05) is 30.3 Å². The first-order valence-corrected chi connectivity index (χ1v) is 7.14. The number of carboxylic acids is 1. The monoisotopic (exact) mass is 323 g/mol. The van der Waals surface area contributed by atoms with Crippen molar-refractivity contribution in [2.75, 3.05) is 0 Å². The lowest BCUT2D eigenvalue weighted by atomic mass is 10.1. The Hall–Kier alpha value is -3.48. The molecule has 3 N–H and O–H groups in total. The molecule has 3 aromatic rings. The largest absolute Gasteiger partial charge is 0.478 e. The zero-order valence-corrected chi connectivity index (χ0v) is 12.4. The van der Waals surface area contributed by atoms with Crippen molar-refractivity contribution in [3.05, 3.63) is 75.7 Å². The maximum atomic E-state index is 12.3. The van der Waals surface area contributed by atoms with Gasteiger partial charge in [0.25, 0.3) is 11.5 Å². The Bertz CT molecular complexity index is 977. The second-order valence-electron chi connectivity index (χ2n) is 5.13. The lowest BCUT2D eigenvalue weighted by Crippen LogP contribution is -2.26. The van der Waals surface area contributed by atoms with Crippen LogP contribution in [-0.4, -0.2) is 27.2 Å². The van der Waals surface area contributed by atoms with E-state index in [1.54, 1.807) is 36.4 Å². The minimum absolute atomic E-state index is 0.132. The first-order valence-electron chi connectivity index (χ1n) is 7.14. The molecule has 3 rings (SSSR count). The number of amides is 1. The smallest absolute Gasteiger partial charge is 0.335 e. The van der Waals surface area contributed by atoms with Gasteiger partial charge < -0.3 is 10.4 Å². The van der Waals surface area contributed by atoms with Gasteiger partial charge in [0.05, 0.1) is 10.9 Å². The van der Waals surface area contributed by atoms with Gasteiger partial charge in [0.15, 0.2) is 5.69 Å². The molecule has 24 heavy (non-hydrogen) atoms. The van der Waals surface area contributed by atoms with Crippen LogP contribution in [0.25, 0.3) is 10.8 Å². The van der Waals surface area contributed by atoms with Gasteiger partial charge in [-0.3, -0.25) is 9.59 Å². The molecule has 120 valence electrons. The van der Waals surface area contributed by atoms with Gasteiger partial charge in [0.2, 0.25) is 0 Å². The highest BCUT2D eigenvalue weighted by Crippen LogP contribution is 2.12. The van der Waals surface area contributed by atoms with Crippen molar-refractivity contribution in [3.63, 3.8) is 0 Å². The van der Waals surface area contributed by atoms with E-state index in [1.165, 1.54) is 12.1 Å². The number of nitrogens with one attached hydrogen (secondary N) is 2. The second-order valence-corrected chi connectivity index (χ2v) is 5.13. The van der Waals surface area contributed by atoms with E-state index in [1.807, 2.05) is 0 Å². The minimum atomic E-state index is -1.01. The maximum absolute atomic E-state index is 12.3. The molecule has 7 heteroatoms. The number of fused-ring (bicyclic) bond motifs is 1. The first-order chi connectivity index (χ1) is 11.6. The number of aromatic carboxylic acids is 1. The third kappa shape index (κ3) is 3.00. The fourth-order valence-corrected chi connectivity index (χ4v) is 2.32. The lowest BCUT2D eigenvalue weighted by Gasteiger charge is -2.07. The van der Waals surface area contributed by atoms with E-state index in [2.05, 4.69) is 15.5 Å². The van der Waals surface area contributed by atoms with Gasteiger partial charge in [0, 0.05) is 11.9 Å². The fourth-order valence-electron chi connectivity index (χ4n) is 2.32. The molecule has 0 atom stereocenters. The van der Waals surface area contributed by atoms with Crippen LogP contribution >= 0.6 is 0 Å². The van der Waals surface area contributed by atoms with Crippen LogP contribution in [0.4, 0.5) is 0 Å². The van der Waals surface area contributed by atoms with Crippen LogP contribution < -0.4 is 10.9 Å². The Balaban J connectivity index is 1.79. The van der Waals surface area contributed by atoms with Crippen molar-refractivity contribution in [1.82, 2.24) is 15.5 Å². The molecule has 2 aromatic carbocycles. The van der Waals surface area contributed by atoms with Crippen molar-refractivity contribution >= 4 is 22.6 Å². The molecule has 0 fully saturated rings. The molecule has 0 bridgehead atoms. The summed E-state index contributed by atoms with van der Waals surface area (Å²) >= 11 is 0. The topological polar surface area (TPSA) is 112 Å². The zero-order chi connectivity index (χ0) is 17.1.